The lowest BCUT2D eigenvalue weighted by Crippen LogP contribution is -2.46. The van der Waals surface area contributed by atoms with Crippen LogP contribution in [-0.4, -0.2) is 26.5 Å². The van der Waals surface area contributed by atoms with Gasteiger partial charge in [-0.3, -0.25) is 8.98 Å². The molecule has 1 aromatic rings. The number of carbonyl (C=O) groups is 1. The Balaban J connectivity index is 2.71. The molecule has 5 nitrogen and oxygen atoms in total. The maximum absolute atomic E-state index is 11.9. The van der Waals surface area contributed by atoms with Gasteiger partial charge >= 0.3 is 0 Å². The molecule has 0 aliphatic carbocycles. The summed E-state index contributed by atoms with van der Waals surface area (Å²) in [6.07, 6.45) is 1.12. The summed E-state index contributed by atoms with van der Waals surface area (Å²) in [5, 5.41) is 2.58. The van der Waals surface area contributed by atoms with Crippen LogP contribution in [0.15, 0.2) is 47.9 Å². The molecule has 0 radical (unpaired) electrons. The summed E-state index contributed by atoms with van der Waals surface area (Å²) >= 11 is 0. The van der Waals surface area contributed by atoms with E-state index in [9.17, 15) is 13.2 Å². The minimum atomic E-state index is -3.81. The molecule has 0 aliphatic rings. The fourth-order valence-corrected chi connectivity index (χ4v) is 2.38. The average molecular weight is 283 g/mol. The van der Waals surface area contributed by atoms with Gasteiger partial charge in [0.1, 0.15) is 0 Å². The smallest absolute Gasteiger partial charge is 0.297 e. The molecule has 0 unspecified atom stereocenters. The van der Waals surface area contributed by atoms with E-state index in [0.29, 0.717) is 0 Å². The third kappa shape index (κ3) is 4.84. The number of amides is 1. The first-order chi connectivity index (χ1) is 8.77. The number of nitrogens with one attached hydrogen (secondary N) is 1. The Morgan fingerprint density at radius 1 is 1.37 bits per heavy atom. The van der Waals surface area contributed by atoms with Crippen LogP contribution in [0.3, 0.4) is 0 Å². The zero-order valence-electron chi connectivity index (χ0n) is 10.9. The molecule has 0 heterocycles. The molecule has 0 aliphatic heterocycles. The van der Waals surface area contributed by atoms with Crippen LogP contribution in [0.4, 0.5) is 0 Å². The standard InChI is InChI=1S/C13H17NO4S/c1-4-12(15)14-13(2,3)10-18-19(16,17)11-8-6-5-7-9-11/h4-9H,1,10H2,2-3H3,(H,14,15). The molecule has 0 atom stereocenters. The summed E-state index contributed by atoms with van der Waals surface area (Å²) in [6, 6.07) is 7.84. The topological polar surface area (TPSA) is 72.5 Å². The molecule has 0 aromatic heterocycles. The molecule has 0 saturated carbocycles. The molecule has 19 heavy (non-hydrogen) atoms. The highest BCUT2D eigenvalue weighted by Crippen LogP contribution is 2.14. The summed E-state index contributed by atoms with van der Waals surface area (Å²) in [5.74, 6) is -0.384. The molecule has 0 saturated heterocycles. The predicted octanol–water partition coefficient (Wildman–Crippen LogP) is 1.47. The van der Waals surface area contributed by atoms with E-state index in [-0.39, 0.29) is 17.4 Å². The Labute approximate surface area is 113 Å². The fourth-order valence-electron chi connectivity index (χ4n) is 1.30. The Hall–Kier alpha value is -1.66. The summed E-state index contributed by atoms with van der Waals surface area (Å²) in [5.41, 5.74) is -0.812. The molecule has 1 rings (SSSR count). The third-order valence-corrected chi connectivity index (χ3v) is 3.53. The number of hydrogen-bond donors (Lipinski definition) is 1. The van der Waals surface area contributed by atoms with Crippen molar-refractivity contribution in [3.63, 3.8) is 0 Å². The van der Waals surface area contributed by atoms with Crippen LogP contribution in [0.5, 0.6) is 0 Å². The summed E-state index contributed by atoms with van der Waals surface area (Å²) in [7, 11) is -3.81. The van der Waals surface area contributed by atoms with Gasteiger partial charge in [-0.15, -0.1) is 0 Å². The number of hydrogen-bond acceptors (Lipinski definition) is 4. The van der Waals surface area contributed by atoms with Gasteiger partial charge in [-0.05, 0) is 32.1 Å². The molecule has 104 valence electrons. The third-order valence-electron chi connectivity index (χ3n) is 2.25. The lowest BCUT2D eigenvalue weighted by molar-refractivity contribution is -0.118. The van der Waals surface area contributed by atoms with Gasteiger partial charge in [0.05, 0.1) is 17.0 Å². The second kappa shape index (κ2) is 5.99. The van der Waals surface area contributed by atoms with E-state index in [1.54, 1.807) is 32.0 Å². The van der Waals surface area contributed by atoms with Crippen molar-refractivity contribution in [2.45, 2.75) is 24.3 Å². The van der Waals surface area contributed by atoms with Crippen molar-refractivity contribution >= 4 is 16.0 Å². The fraction of sp³-hybridized carbons (Fsp3) is 0.308. The maximum atomic E-state index is 11.9. The minimum absolute atomic E-state index is 0.0841. The molecule has 0 spiro atoms. The summed E-state index contributed by atoms with van der Waals surface area (Å²) in [4.78, 5) is 11.3. The van der Waals surface area contributed by atoms with E-state index < -0.39 is 15.7 Å². The van der Waals surface area contributed by atoms with E-state index in [0.717, 1.165) is 6.08 Å². The number of carbonyl (C=O) groups excluding carboxylic acids is 1. The number of rotatable bonds is 6. The molecule has 0 bridgehead atoms. The van der Waals surface area contributed by atoms with Gasteiger partial charge in [-0.2, -0.15) is 8.42 Å². The highest BCUT2D eigenvalue weighted by molar-refractivity contribution is 7.86. The number of benzene rings is 1. The van der Waals surface area contributed by atoms with Crippen molar-refractivity contribution < 1.29 is 17.4 Å². The maximum Gasteiger partial charge on any atom is 0.297 e. The lowest BCUT2D eigenvalue weighted by Gasteiger charge is -2.24. The van der Waals surface area contributed by atoms with Crippen molar-refractivity contribution in [3.05, 3.63) is 43.0 Å². The largest absolute Gasteiger partial charge is 0.345 e. The van der Waals surface area contributed by atoms with Crippen LogP contribution < -0.4 is 5.32 Å². The molecular weight excluding hydrogens is 266 g/mol. The van der Waals surface area contributed by atoms with Crippen molar-refractivity contribution in [2.75, 3.05) is 6.61 Å². The zero-order valence-corrected chi connectivity index (χ0v) is 11.7. The van der Waals surface area contributed by atoms with Crippen molar-refractivity contribution in [1.82, 2.24) is 5.32 Å². The van der Waals surface area contributed by atoms with Crippen LogP contribution in [0.2, 0.25) is 0 Å². The van der Waals surface area contributed by atoms with Gasteiger partial charge in [0, 0.05) is 0 Å². The highest BCUT2D eigenvalue weighted by Gasteiger charge is 2.24. The Bertz CT molecular complexity index is 549. The summed E-state index contributed by atoms with van der Waals surface area (Å²) < 4.78 is 28.7. The molecule has 0 fully saturated rings. The van der Waals surface area contributed by atoms with Gasteiger partial charge in [-0.1, -0.05) is 24.8 Å². The van der Waals surface area contributed by atoms with Gasteiger partial charge in [0.25, 0.3) is 10.1 Å². The van der Waals surface area contributed by atoms with E-state index in [1.807, 2.05) is 0 Å². The van der Waals surface area contributed by atoms with Crippen molar-refractivity contribution in [3.8, 4) is 0 Å². The zero-order chi connectivity index (χ0) is 14.5. The Morgan fingerprint density at radius 3 is 2.47 bits per heavy atom. The summed E-state index contributed by atoms with van der Waals surface area (Å²) in [6.45, 7) is 6.49. The molecule has 1 amide bonds. The predicted molar refractivity (Wildman–Crippen MR) is 72.0 cm³/mol. The Kier molecular flexibility index (Phi) is 4.85. The monoisotopic (exact) mass is 283 g/mol. The molecule has 1 N–H and O–H groups in total. The van der Waals surface area contributed by atoms with Crippen LogP contribution in [-0.2, 0) is 19.1 Å². The van der Waals surface area contributed by atoms with Crippen molar-refractivity contribution in [2.24, 2.45) is 0 Å². The van der Waals surface area contributed by atoms with Crippen molar-refractivity contribution in [1.29, 1.82) is 0 Å². The van der Waals surface area contributed by atoms with Crippen LogP contribution >= 0.6 is 0 Å². The van der Waals surface area contributed by atoms with Crippen LogP contribution in [0, 0.1) is 0 Å². The average Bonchev–Trinajstić information content (AvgIpc) is 2.37. The van der Waals surface area contributed by atoms with Gasteiger partial charge in [0.15, 0.2) is 0 Å². The van der Waals surface area contributed by atoms with Crippen LogP contribution in [0.1, 0.15) is 13.8 Å². The molecule has 6 heteroatoms. The van der Waals surface area contributed by atoms with Gasteiger partial charge < -0.3 is 5.32 Å². The van der Waals surface area contributed by atoms with E-state index in [4.69, 9.17) is 4.18 Å². The molecule has 1 aromatic carbocycles. The SMILES string of the molecule is C=CC(=O)NC(C)(C)COS(=O)(=O)c1ccccc1. The van der Waals surface area contributed by atoms with Gasteiger partial charge in [-0.25, -0.2) is 0 Å². The first kappa shape index (κ1) is 15.4. The second-order valence-corrected chi connectivity index (χ2v) is 6.22. The molecular formula is C13H17NO4S. The van der Waals surface area contributed by atoms with E-state index >= 15 is 0 Å². The highest BCUT2D eigenvalue weighted by atomic mass is 32.2. The first-order valence-electron chi connectivity index (χ1n) is 5.66. The van der Waals surface area contributed by atoms with E-state index in [1.165, 1.54) is 12.1 Å². The van der Waals surface area contributed by atoms with E-state index in [2.05, 4.69) is 11.9 Å². The minimum Gasteiger partial charge on any atom is -0.345 e. The Morgan fingerprint density at radius 2 is 1.95 bits per heavy atom. The quantitative estimate of drug-likeness (QED) is 0.634. The lowest BCUT2D eigenvalue weighted by atomic mass is 10.1. The first-order valence-corrected chi connectivity index (χ1v) is 7.07. The van der Waals surface area contributed by atoms with Crippen LogP contribution in [0.25, 0.3) is 0 Å². The normalized spacial score (nSPS) is 11.9. The van der Waals surface area contributed by atoms with Gasteiger partial charge in [0.2, 0.25) is 5.91 Å². The second-order valence-electron chi connectivity index (χ2n) is 4.61.